The molecule has 0 fully saturated rings. The molecule has 2 aromatic rings. The highest BCUT2D eigenvalue weighted by Gasteiger charge is 2.18. The molecule has 21 heavy (non-hydrogen) atoms. The van der Waals surface area contributed by atoms with Gasteiger partial charge in [0, 0.05) is 12.1 Å². The van der Waals surface area contributed by atoms with E-state index in [9.17, 15) is 13.6 Å². The Labute approximate surface area is 128 Å². The predicted octanol–water partition coefficient (Wildman–Crippen LogP) is 3.62. The van der Waals surface area contributed by atoms with Gasteiger partial charge in [-0.1, -0.05) is 25.2 Å². The molecule has 0 radical (unpaired) electrons. The molecule has 2 rings (SSSR count). The van der Waals surface area contributed by atoms with Crippen LogP contribution in [0.15, 0.2) is 23.4 Å². The summed E-state index contributed by atoms with van der Waals surface area (Å²) in [4.78, 5) is 15.9. The van der Waals surface area contributed by atoms with Gasteiger partial charge in [0.25, 0.3) is 11.7 Å². The first-order chi connectivity index (χ1) is 9.97. The molecule has 0 aliphatic rings. The van der Waals surface area contributed by atoms with E-state index in [2.05, 4.69) is 20.5 Å². The van der Waals surface area contributed by atoms with Crippen molar-refractivity contribution >= 4 is 34.1 Å². The molecule has 0 aliphatic heterocycles. The van der Waals surface area contributed by atoms with Gasteiger partial charge in [-0.3, -0.25) is 10.1 Å². The Bertz CT molecular complexity index is 633. The van der Waals surface area contributed by atoms with E-state index in [4.69, 9.17) is 0 Å². The maximum Gasteiger partial charge on any atom is 0.290 e. The lowest BCUT2D eigenvalue weighted by Crippen LogP contribution is -2.13. The van der Waals surface area contributed by atoms with Crippen molar-refractivity contribution in [1.29, 1.82) is 0 Å². The monoisotopic (exact) mass is 330 g/mol. The average Bonchev–Trinajstić information content (AvgIpc) is 2.87. The largest absolute Gasteiger partial charge is 0.296 e. The maximum atomic E-state index is 12.5. The number of nitrogens with one attached hydrogen (secondary N) is 1. The third-order valence-electron chi connectivity index (χ3n) is 2.37. The standard InChI is InChI=1S/C12H12F2N4OS2/c1-6(2)9-17-18-12(21-9)16-8(19)7-4-3-5-15-10(7)20-11(13)14/h3-6,11H,1-2H3,(H,16,18,19). The zero-order valence-electron chi connectivity index (χ0n) is 11.2. The molecule has 0 saturated carbocycles. The van der Waals surface area contributed by atoms with Crippen LogP contribution in [0.2, 0.25) is 0 Å². The van der Waals surface area contributed by atoms with E-state index in [-0.39, 0.29) is 28.3 Å². The SMILES string of the molecule is CC(C)c1nnc(NC(=O)c2cccnc2SC(F)F)s1. The van der Waals surface area contributed by atoms with Crippen LogP contribution in [0.5, 0.6) is 0 Å². The van der Waals surface area contributed by atoms with Crippen LogP contribution >= 0.6 is 23.1 Å². The van der Waals surface area contributed by atoms with Crippen LogP contribution < -0.4 is 5.32 Å². The van der Waals surface area contributed by atoms with E-state index in [1.54, 1.807) is 0 Å². The highest BCUT2D eigenvalue weighted by molar-refractivity contribution is 7.99. The van der Waals surface area contributed by atoms with Crippen molar-refractivity contribution in [3.05, 3.63) is 28.9 Å². The number of rotatable bonds is 5. The third kappa shape index (κ3) is 4.18. The minimum atomic E-state index is -2.64. The van der Waals surface area contributed by atoms with E-state index in [0.29, 0.717) is 5.13 Å². The van der Waals surface area contributed by atoms with Crippen LogP contribution in [0.3, 0.4) is 0 Å². The topological polar surface area (TPSA) is 67.8 Å². The van der Waals surface area contributed by atoms with Crippen molar-refractivity contribution in [3.63, 3.8) is 0 Å². The number of hydrogen-bond donors (Lipinski definition) is 1. The molecule has 9 heteroatoms. The van der Waals surface area contributed by atoms with Crippen LogP contribution in [0.4, 0.5) is 13.9 Å². The molecule has 0 aromatic carbocycles. The van der Waals surface area contributed by atoms with Crippen LogP contribution in [0.25, 0.3) is 0 Å². The van der Waals surface area contributed by atoms with Crippen LogP contribution in [0.1, 0.15) is 35.1 Å². The number of nitrogens with zero attached hydrogens (tertiary/aromatic N) is 3. The van der Waals surface area contributed by atoms with Gasteiger partial charge in [-0.15, -0.1) is 10.2 Å². The van der Waals surface area contributed by atoms with Crippen molar-refractivity contribution < 1.29 is 13.6 Å². The second-order valence-corrected chi connectivity index (χ2v) is 6.28. The maximum absolute atomic E-state index is 12.5. The molecule has 2 heterocycles. The van der Waals surface area contributed by atoms with E-state index in [1.165, 1.54) is 29.7 Å². The average molecular weight is 330 g/mol. The van der Waals surface area contributed by atoms with Crippen LogP contribution in [-0.4, -0.2) is 26.8 Å². The zero-order valence-corrected chi connectivity index (χ0v) is 12.8. The molecule has 0 unspecified atom stereocenters. The second kappa shape index (κ2) is 6.90. The lowest BCUT2D eigenvalue weighted by molar-refractivity contribution is 0.102. The molecule has 0 aliphatic carbocycles. The number of halogens is 2. The lowest BCUT2D eigenvalue weighted by Gasteiger charge is -2.06. The number of pyridine rings is 1. The van der Waals surface area contributed by atoms with Crippen molar-refractivity contribution in [1.82, 2.24) is 15.2 Å². The Kier molecular flexibility index (Phi) is 5.18. The molecule has 0 saturated heterocycles. The molecule has 1 N–H and O–H groups in total. The lowest BCUT2D eigenvalue weighted by atomic mass is 10.2. The second-order valence-electron chi connectivity index (χ2n) is 4.29. The molecule has 0 bridgehead atoms. The Morgan fingerprint density at radius 3 is 2.76 bits per heavy atom. The Morgan fingerprint density at radius 2 is 2.14 bits per heavy atom. The summed E-state index contributed by atoms with van der Waals surface area (Å²) in [5.74, 6) is -2.96. The Morgan fingerprint density at radius 1 is 1.38 bits per heavy atom. The van der Waals surface area contributed by atoms with Crippen molar-refractivity contribution in [2.24, 2.45) is 0 Å². The fourth-order valence-corrected chi connectivity index (χ4v) is 2.74. The molecule has 0 spiro atoms. The number of thioether (sulfide) groups is 1. The van der Waals surface area contributed by atoms with E-state index >= 15 is 0 Å². The van der Waals surface area contributed by atoms with Gasteiger partial charge in [0.15, 0.2) is 0 Å². The first kappa shape index (κ1) is 15.8. The summed E-state index contributed by atoms with van der Waals surface area (Å²) in [5.41, 5.74) is 0.0871. The van der Waals surface area contributed by atoms with Crippen LogP contribution in [-0.2, 0) is 0 Å². The smallest absolute Gasteiger partial charge is 0.290 e. The number of carbonyl (C=O) groups excluding carboxylic acids is 1. The number of aromatic nitrogens is 3. The van der Waals surface area contributed by atoms with E-state index < -0.39 is 11.7 Å². The van der Waals surface area contributed by atoms with Gasteiger partial charge < -0.3 is 0 Å². The number of hydrogen-bond acceptors (Lipinski definition) is 6. The summed E-state index contributed by atoms with van der Waals surface area (Å²) >= 11 is 1.49. The molecule has 2 aromatic heterocycles. The Hall–Kier alpha value is -1.61. The molecule has 5 nitrogen and oxygen atoms in total. The van der Waals surface area contributed by atoms with Crippen molar-refractivity contribution in [2.45, 2.75) is 30.5 Å². The highest BCUT2D eigenvalue weighted by atomic mass is 32.2. The summed E-state index contributed by atoms with van der Waals surface area (Å²) < 4.78 is 24.9. The molecule has 112 valence electrons. The zero-order chi connectivity index (χ0) is 15.4. The van der Waals surface area contributed by atoms with Crippen LogP contribution in [0, 0.1) is 0 Å². The van der Waals surface area contributed by atoms with Gasteiger partial charge in [0.05, 0.1) is 5.56 Å². The van der Waals surface area contributed by atoms with Gasteiger partial charge in [-0.05, 0) is 23.9 Å². The first-order valence-corrected chi connectivity index (χ1v) is 7.71. The summed E-state index contributed by atoms with van der Waals surface area (Å²) in [6, 6.07) is 2.96. The highest BCUT2D eigenvalue weighted by Crippen LogP contribution is 2.27. The van der Waals surface area contributed by atoms with E-state index in [0.717, 1.165) is 5.01 Å². The summed E-state index contributed by atoms with van der Waals surface area (Å²) in [7, 11) is 0. The third-order valence-corrected chi connectivity index (χ3v) is 4.24. The fourth-order valence-electron chi connectivity index (χ4n) is 1.42. The predicted molar refractivity (Wildman–Crippen MR) is 78.0 cm³/mol. The van der Waals surface area contributed by atoms with Crippen molar-refractivity contribution in [2.75, 3.05) is 5.32 Å². The number of anilines is 1. The minimum Gasteiger partial charge on any atom is -0.296 e. The summed E-state index contributed by atoms with van der Waals surface area (Å²) in [5, 5.41) is 11.5. The normalized spacial score (nSPS) is 11.1. The number of alkyl halides is 2. The van der Waals surface area contributed by atoms with Gasteiger partial charge >= 0.3 is 0 Å². The molecular weight excluding hydrogens is 318 g/mol. The molecule has 1 amide bonds. The van der Waals surface area contributed by atoms with Crippen molar-refractivity contribution in [3.8, 4) is 0 Å². The summed E-state index contributed by atoms with van der Waals surface area (Å²) in [6.45, 7) is 3.93. The molecule has 0 atom stereocenters. The van der Waals surface area contributed by atoms with Gasteiger partial charge in [0.1, 0.15) is 10.0 Å². The first-order valence-electron chi connectivity index (χ1n) is 6.02. The number of carbonyl (C=O) groups is 1. The van der Waals surface area contributed by atoms with Gasteiger partial charge in [-0.25, -0.2) is 4.98 Å². The molecular formula is C12H12F2N4OS2. The summed E-state index contributed by atoms with van der Waals surface area (Å²) in [6.07, 6.45) is 1.36. The fraction of sp³-hybridized carbons (Fsp3) is 0.333. The van der Waals surface area contributed by atoms with E-state index in [1.807, 2.05) is 13.8 Å². The van der Waals surface area contributed by atoms with Gasteiger partial charge in [0.2, 0.25) is 5.13 Å². The number of amides is 1. The minimum absolute atomic E-state index is 0.0152. The van der Waals surface area contributed by atoms with Gasteiger partial charge in [-0.2, -0.15) is 8.78 Å². The quantitative estimate of drug-likeness (QED) is 0.848. The Balaban J connectivity index is 2.16.